The summed E-state index contributed by atoms with van der Waals surface area (Å²) >= 11 is 0. The summed E-state index contributed by atoms with van der Waals surface area (Å²) in [6.45, 7) is 5.87. The highest BCUT2D eigenvalue weighted by molar-refractivity contribution is 5.61. The fourth-order valence-electron chi connectivity index (χ4n) is 3.87. The molecule has 1 aliphatic rings. The number of hydrogen-bond acceptors (Lipinski definition) is 5. The lowest BCUT2D eigenvalue weighted by atomic mass is 10.1. The van der Waals surface area contributed by atoms with Crippen LogP contribution in [-0.2, 0) is 0 Å². The van der Waals surface area contributed by atoms with Crippen molar-refractivity contribution < 1.29 is 5.11 Å². The third-order valence-corrected chi connectivity index (χ3v) is 5.34. The number of para-hydroxylation sites is 2. The summed E-state index contributed by atoms with van der Waals surface area (Å²) in [7, 11) is 0. The molecule has 0 aliphatic carbocycles. The number of nitrogens with one attached hydrogen (secondary N) is 1. The highest BCUT2D eigenvalue weighted by Gasteiger charge is 2.18. The van der Waals surface area contributed by atoms with Gasteiger partial charge in [-0.1, -0.05) is 12.1 Å². The second-order valence-corrected chi connectivity index (χ2v) is 7.55. The Morgan fingerprint density at radius 3 is 2.64 bits per heavy atom. The summed E-state index contributed by atoms with van der Waals surface area (Å²) < 4.78 is 1.63. The second-order valence-electron chi connectivity index (χ2n) is 7.55. The minimum atomic E-state index is -0.133. The van der Waals surface area contributed by atoms with Crippen LogP contribution in [0.4, 0.5) is 11.5 Å². The summed E-state index contributed by atoms with van der Waals surface area (Å²) in [6.07, 6.45) is 5.33. The van der Waals surface area contributed by atoms with Crippen molar-refractivity contribution in [2.45, 2.75) is 39.2 Å². The molecule has 1 aliphatic heterocycles. The van der Waals surface area contributed by atoms with Crippen LogP contribution in [0.3, 0.4) is 0 Å². The third-order valence-electron chi connectivity index (χ3n) is 5.34. The van der Waals surface area contributed by atoms with Gasteiger partial charge in [-0.15, -0.1) is 0 Å². The van der Waals surface area contributed by atoms with Gasteiger partial charge in [-0.25, -0.2) is 4.98 Å². The number of hydrogen-bond donors (Lipinski definition) is 2. The van der Waals surface area contributed by atoms with E-state index in [-0.39, 0.29) is 17.4 Å². The van der Waals surface area contributed by atoms with E-state index in [2.05, 4.69) is 16.3 Å². The zero-order valence-electron chi connectivity index (χ0n) is 16.4. The fourth-order valence-corrected chi connectivity index (χ4v) is 3.87. The molecule has 3 heterocycles. The van der Waals surface area contributed by atoms with Crippen LogP contribution in [0, 0.1) is 6.92 Å². The number of aromatic hydroxyl groups is 1. The molecular formula is C22H26N4O2. The molecule has 2 N–H and O–H groups in total. The van der Waals surface area contributed by atoms with Crippen LogP contribution in [0.2, 0.25) is 0 Å². The minimum absolute atomic E-state index is 0.0646. The number of aryl methyl sites for hydroxylation is 1. The van der Waals surface area contributed by atoms with E-state index >= 15 is 0 Å². The molecule has 1 aromatic carbocycles. The molecule has 6 nitrogen and oxygen atoms in total. The van der Waals surface area contributed by atoms with Crippen molar-refractivity contribution in [3.63, 3.8) is 0 Å². The topological polar surface area (TPSA) is 69.9 Å². The number of aromatic nitrogens is 2. The van der Waals surface area contributed by atoms with Gasteiger partial charge in [0, 0.05) is 30.9 Å². The zero-order valence-corrected chi connectivity index (χ0v) is 16.4. The van der Waals surface area contributed by atoms with E-state index in [0.717, 1.165) is 42.9 Å². The van der Waals surface area contributed by atoms with E-state index in [1.165, 1.54) is 6.42 Å². The van der Waals surface area contributed by atoms with Gasteiger partial charge < -0.3 is 15.3 Å². The Morgan fingerprint density at radius 1 is 1.14 bits per heavy atom. The largest absolute Gasteiger partial charge is 0.506 e. The molecule has 0 spiro atoms. The summed E-state index contributed by atoms with van der Waals surface area (Å²) in [4.78, 5) is 19.9. The van der Waals surface area contributed by atoms with Crippen molar-refractivity contribution in [3.8, 4) is 5.75 Å². The second kappa shape index (κ2) is 7.54. The Labute approximate surface area is 164 Å². The summed E-state index contributed by atoms with van der Waals surface area (Å²) in [5, 5.41) is 13.4. The maximum Gasteiger partial charge on any atom is 0.259 e. The van der Waals surface area contributed by atoms with Crippen LogP contribution >= 0.6 is 0 Å². The van der Waals surface area contributed by atoms with Crippen LogP contribution < -0.4 is 15.8 Å². The average Bonchev–Trinajstić information content (AvgIpc) is 2.70. The fraction of sp³-hybridized carbons (Fsp3) is 0.364. The highest BCUT2D eigenvalue weighted by Crippen LogP contribution is 2.29. The van der Waals surface area contributed by atoms with Crippen LogP contribution in [0.1, 0.15) is 43.4 Å². The molecule has 146 valence electrons. The predicted molar refractivity (Wildman–Crippen MR) is 112 cm³/mol. The van der Waals surface area contributed by atoms with Gasteiger partial charge in [-0.3, -0.25) is 9.20 Å². The molecule has 1 saturated heterocycles. The standard InChI is InChI=1S/C22H26N4O2/c1-15-12-17(16(2)23-18-8-4-5-9-19(18)27)22-24-20(13-21(28)26(22)14-15)25-10-6-3-7-11-25/h4-5,8-9,12-14,16,23,27H,3,6-7,10-11H2,1-2H3. The first-order valence-corrected chi connectivity index (χ1v) is 9.86. The maximum atomic E-state index is 12.8. The predicted octanol–water partition coefficient (Wildman–Crippen LogP) is 3.87. The Hall–Kier alpha value is -3.02. The van der Waals surface area contributed by atoms with Crippen molar-refractivity contribution >= 4 is 17.2 Å². The number of benzene rings is 1. The number of phenolic OH excluding ortho intramolecular Hbond substituents is 1. The molecule has 0 amide bonds. The van der Waals surface area contributed by atoms with Crippen molar-refractivity contribution in [1.82, 2.24) is 9.38 Å². The SMILES string of the molecule is Cc1cc(C(C)Nc2ccccc2O)c2nc(N3CCCCC3)cc(=O)n2c1. The van der Waals surface area contributed by atoms with Crippen molar-refractivity contribution in [2.75, 3.05) is 23.3 Å². The minimum Gasteiger partial charge on any atom is -0.506 e. The lowest BCUT2D eigenvalue weighted by Gasteiger charge is -2.28. The third kappa shape index (κ3) is 3.54. The Morgan fingerprint density at radius 2 is 1.89 bits per heavy atom. The van der Waals surface area contributed by atoms with Gasteiger partial charge in [0.05, 0.1) is 11.7 Å². The molecule has 3 aromatic rings. The van der Waals surface area contributed by atoms with E-state index in [0.29, 0.717) is 11.3 Å². The normalized spacial score (nSPS) is 15.6. The van der Waals surface area contributed by atoms with Gasteiger partial charge >= 0.3 is 0 Å². The number of fused-ring (bicyclic) bond motifs is 1. The van der Waals surface area contributed by atoms with Crippen LogP contribution in [0.5, 0.6) is 5.75 Å². The number of nitrogens with zero attached hydrogens (tertiary/aromatic N) is 3. The molecule has 6 heteroatoms. The number of rotatable bonds is 4. The number of piperidine rings is 1. The molecule has 0 bridgehead atoms. The van der Waals surface area contributed by atoms with Crippen molar-refractivity contribution in [1.29, 1.82) is 0 Å². The Kier molecular flexibility index (Phi) is 4.94. The van der Waals surface area contributed by atoms with E-state index in [1.807, 2.05) is 32.2 Å². The average molecular weight is 378 g/mol. The number of anilines is 2. The summed E-state index contributed by atoms with van der Waals surface area (Å²) in [5.41, 5.74) is 3.17. The van der Waals surface area contributed by atoms with Gasteiger partial charge in [0.25, 0.3) is 5.56 Å². The van der Waals surface area contributed by atoms with Crippen LogP contribution in [0.15, 0.2) is 47.4 Å². The van der Waals surface area contributed by atoms with Gasteiger partial charge in [-0.05, 0) is 56.9 Å². The first-order chi connectivity index (χ1) is 13.5. The molecule has 2 aromatic heterocycles. The highest BCUT2D eigenvalue weighted by atomic mass is 16.3. The molecule has 0 saturated carbocycles. The first-order valence-electron chi connectivity index (χ1n) is 9.86. The lowest BCUT2D eigenvalue weighted by Crippen LogP contribution is -2.32. The van der Waals surface area contributed by atoms with Crippen molar-refractivity contribution in [2.24, 2.45) is 0 Å². The van der Waals surface area contributed by atoms with E-state index < -0.39 is 0 Å². The number of phenols is 1. The van der Waals surface area contributed by atoms with E-state index in [4.69, 9.17) is 4.98 Å². The first kappa shape index (κ1) is 18.3. The Bertz CT molecular complexity index is 1050. The monoisotopic (exact) mass is 378 g/mol. The Balaban J connectivity index is 1.79. The van der Waals surface area contributed by atoms with Gasteiger partial charge in [0.15, 0.2) is 0 Å². The molecule has 0 radical (unpaired) electrons. The molecule has 1 fully saturated rings. The van der Waals surface area contributed by atoms with E-state index in [9.17, 15) is 9.90 Å². The summed E-state index contributed by atoms with van der Waals surface area (Å²) in [6, 6.07) is 10.7. The smallest absolute Gasteiger partial charge is 0.259 e. The molecule has 4 rings (SSSR count). The van der Waals surface area contributed by atoms with Gasteiger partial charge in [0.2, 0.25) is 0 Å². The van der Waals surface area contributed by atoms with Crippen molar-refractivity contribution in [3.05, 3.63) is 64.1 Å². The molecular weight excluding hydrogens is 352 g/mol. The van der Waals surface area contributed by atoms with Crippen LogP contribution in [0.25, 0.3) is 5.65 Å². The maximum absolute atomic E-state index is 12.8. The van der Waals surface area contributed by atoms with Crippen LogP contribution in [-0.4, -0.2) is 27.6 Å². The van der Waals surface area contributed by atoms with Gasteiger partial charge in [-0.2, -0.15) is 0 Å². The lowest BCUT2D eigenvalue weighted by molar-refractivity contribution is 0.476. The number of pyridine rings is 1. The van der Waals surface area contributed by atoms with Gasteiger partial charge in [0.1, 0.15) is 17.2 Å². The van der Waals surface area contributed by atoms with E-state index in [1.54, 1.807) is 22.6 Å². The molecule has 1 atom stereocenters. The molecule has 28 heavy (non-hydrogen) atoms. The summed E-state index contributed by atoms with van der Waals surface area (Å²) in [5.74, 6) is 0.954. The quantitative estimate of drug-likeness (QED) is 0.675. The zero-order chi connectivity index (χ0) is 19.7. The molecule has 1 unspecified atom stereocenters.